The molecule has 0 aromatic heterocycles. The highest BCUT2D eigenvalue weighted by molar-refractivity contribution is 9.10. The SMILES string of the molecule is CC(N)c1ccc(Oc2cc(Br)ccc2F)cc1Br. The van der Waals surface area contributed by atoms with E-state index in [1.807, 2.05) is 13.0 Å². The Morgan fingerprint density at radius 2 is 1.89 bits per heavy atom. The summed E-state index contributed by atoms with van der Waals surface area (Å²) in [5.74, 6) is 0.318. The van der Waals surface area contributed by atoms with Gasteiger partial charge in [-0.3, -0.25) is 0 Å². The van der Waals surface area contributed by atoms with Gasteiger partial charge < -0.3 is 10.5 Å². The van der Waals surface area contributed by atoms with Crippen LogP contribution in [-0.2, 0) is 0 Å². The number of benzene rings is 2. The molecule has 0 heterocycles. The molecular weight excluding hydrogens is 377 g/mol. The third-order valence-corrected chi connectivity index (χ3v) is 3.76. The van der Waals surface area contributed by atoms with E-state index in [4.69, 9.17) is 10.5 Å². The molecule has 0 aliphatic heterocycles. The lowest BCUT2D eigenvalue weighted by atomic mass is 10.1. The molecule has 0 bridgehead atoms. The summed E-state index contributed by atoms with van der Waals surface area (Å²) in [5.41, 5.74) is 6.80. The molecule has 2 aromatic rings. The van der Waals surface area contributed by atoms with Crippen LogP contribution in [0.25, 0.3) is 0 Å². The molecule has 0 amide bonds. The Morgan fingerprint density at radius 1 is 1.16 bits per heavy atom. The maximum absolute atomic E-state index is 13.6. The summed E-state index contributed by atoms with van der Waals surface area (Å²) < 4.78 is 20.7. The molecule has 19 heavy (non-hydrogen) atoms. The van der Waals surface area contributed by atoms with Crippen molar-refractivity contribution in [2.45, 2.75) is 13.0 Å². The highest BCUT2D eigenvalue weighted by Gasteiger charge is 2.09. The largest absolute Gasteiger partial charge is 0.454 e. The van der Waals surface area contributed by atoms with E-state index in [9.17, 15) is 4.39 Å². The summed E-state index contributed by atoms with van der Waals surface area (Å²) in [4.78, 5) is 0. The molecule has 0 aliphatic carbocycles. The van der Waals surface area contributed by atoms with E-state index in [1.165, 1.54) is 6.07 Å². The number of rotatable bonds is 3. The molecule has 0 spiro atoms. The smallest absolute Gasteiger partial charge is 0.165 e. The first-order chi connectivity index (χ1) is 8.97. The van der Waals surface area contributed by atoms with E-state index in [0.29, 0.717) is 5.75 Å². The van der Waals surface area contributed by atoms with Crippen LogP contribution in [0.15, 0.2) is 45.3 Å². The average molecular weight is 389 g/mol. The predicted octanol–water partition coefficient (Wildman–Crippen LogP) is 5.16. The summed E-state index contributed by atoms with van der Waals surface area (Å²) >= 11 is 6.71. The van der Waals surface area contributed by atoms with Crippen molar-refractivity contribution in [1.82, 2.24) is 0 Å². The van der Waals surface area contributed by atoms with Gasteiger partial charge in [0.2, 0.25) is 0 Å². The van der Waals surface area contributed by atoms with Gasteiger partial charge in [0, 0.05) is 15.0 Å². The Hall–Kier alpha value is -0.910. The molecule has 1 unspecified atom stereocenters. The maximum Gasteiger partial charge on any atom is 0.165 e. The molecule has 1 atom stereocenters. The van der Waals surface area contributed by atoms with E-state index in [2.05, 4.69) is 31.9 Å². The third-order valence-electron chi connectivity index (χ3n) is 2.58. The maximum atomic E-state index is 13.6. The van der Waals surface area contributed by atoms with Crippen LogP contribution in [0.2, 0.25) is 0 Å². The molecule has 0 saturated carbocycles. The number of ether oxygens (including phenoxy) is 1. The quantitative estimate of drug-likeness (QED) is 0.787. The average Bonchev–Trinajstić information content (AvgIpc) is 2.33. The molecule has 0 fully saturated rings. The fourth-order valence-corrected chi connectivity index (χ4v) is 2.68. The van der Waals surface area contributed by atoms with Gasteiger partial charge in [0.1, 0.15) is 5.75 Å². The van der Waals surface area contributed by atoms with E-state index in [1.54, 1.807) is 24.3 Å². The summed E-state index contributed by atoms with van der Waals surface area (Å²) in [6.45, 7) is 1.90. The van der Waals surface area contributed by atoms with E-state index >= 15 is 0 Å². The van der Waals surface area contributed by atoms with Crippen molar-refractivity contribution in [1.29, 1.82) is 0 Å². The standard InChI is InChI=1S/C14H12Br2FNO/c1-8(18)11-4-3-10(7-12(11)16)19-14-6-9(15)2-5-13(14)17/h2-8H,18H2,1H3. The Bertz CT molecular complexity index is 602. The molecule has 0 aliphatic rings. The Morgan fingerprint density at radius 3 is 2.53 bits per heavy atom. The van der Waals surface area contributed by atoms with Crippen molar-refractivity contribution < 1.29 is 9.13 Å². The van der Waals surface area contributed by atoms with Crippen LogP contribution in [-0.4, -0.2) is 0 Å². The third kappa shape index (κ3) is 3.55. The van der Waals surface area contributed by atoms with Crippen LogP contribution in [0.4, 0.5) is 4.39 Å². The zero-order valence-corrected chi connectivity index (χ0v) is 13.3. The van der Waals surface area contributed by atoms with Gasteiger partial charge >= 0.3 is 0 Å². The second-order valence-corrected chi connectivity index (χ2v) is 5.92. The van der Waals surface area contributed by atoms with Gasteiger partial charge in [-0.05, 0) is 42.8 Å². The highest BCUT2D eigenvalue weighted by Crippen LogP contribution is 2.31. The lowest BCUT2D eigenvalue weighted by Crippen LogP contribution is -2.05. The fraction of sp³-hybridized carbons (Fsp3) is 0.143. The van der Waals surface area contributed by atoms with Gasteiger partial charge in [0.25, 0.3) is 0 Å². The zero-order valence-electron chi connectivity index (χ0n) is 10.2. The zero-order chi connectivity index (χ0) is 14.0. The molecule has 2 N–H and O–H groups in total. The molecule has 2 nitrogen and oxygen atoms in total. The lowest BCUT2D eigenvalue weighted by Gasteiger charge is -2.12. The van der Waals surface area contributed by atoms with Crippen molar-refractivity contribution in [2.75, 3.05) is 0 Å². The van der Waals surface area contributed by atoms with Crippen LogP contribution in [0.1, 0.15) is 18.5 Å². The van der Waals surface area contributed by atoms with Crippen LogP contribution >= 0.6 is 31.9 Å². The fourth-order valence-electron chi connectivity index (χ4n) is 1.62. The van der Waals surface area contributed by atoms with Crippen molar-refractivity contribution in [3.8, 4) is 11.5 Å². The molecule has 0 radical (unpaired) electrons. The van der Waals surface area contributed by atoms with Gasteiger partial charge in [0.15, 0.2) is 11.6 Å². The molecular formula is C14H12Br2FNO. The monoisotopic (exact) mass is 387 g/mol. The normalized spacial score (nSPS) is 12.3. The minimum Gasteiger partial charge on any atom is -0.454 e. The van der Waals surface area contributed by atoms with Gasteiger partial charge in [-0.1, -0.05) is 37.9 Å². The number of halogens is 3. The first-order valence-corrected chi connectivity index (χ1v) is 7.24. The van der Waals surface area contributed by atoms with Gasteiger partial charge in [-0.2, -0.15) is 0 Å². The van der Waals surface area contributed by atoms with Crippen molar-refractivity contribution >= 4 is 31.9 Å². The Balaban J connectivity index is 2.29. The summed E-state index contributed by atoms with van der Waals surface area (Å²) in [5, 5.41) is 0. The predicted molar refractivity (Wildman–Crippen MR) is 80.9 cm³/mol. The van der Waals surface area contributed by atoms with E-state index in [0.717, 1.165) is 14.5 Å². The van der Waals surface area contributed by atoms with E-state index in [-0.39, 0.29) is 11.8 Å². The summed E-state index contributed by atoms with van der Waals surface area (Å²) in [7, 11) is 0. The second-order valence-electron chi connectivity index (χ2n) is 4.15. The molecule has 2 aromatic carbocycles. The van der Waals surface area contributed by atoms with Crippen molar-refractivity contribution in [3.05, 3.63) is 56.7 Å². The van der Waals surface area contributed by atoms with Gasteiger partial charge in [0.05, 0.1) is 0 Å². The number of hydrogen-bond acceptors (Lipinski definition) is 2. The molecule has 2 rings (SSSR count). The summed E-state index contributed by atoms with van der Waals surface area (Å²) in [6.07, 6.45) is 0. The first kappa shape index (κ1) is 14.5. The molecule has 100 valence electrons. The number of hydrogen-bond donors (Lipinski definition) is 1. The molecule has 5 heteroatoms. The number of nitrogens with two attached hydrogens (primary N) is 1. The van der Waals surface area contributed by atoms with Crippen LogP contribution in [0, 0.1) is 5.82 Å². The minimum atomic E-state index is -0.407. The Kier molecular flexibility index (Phi) is 4.60. The van der Waals surface area contributed by atoms with Crippen LogP contribution < -0.4 is 10.5 Å². The van der Waals surface area contributed by atoms with Gasteiger partial charge in [-0.15, -0.1) is 0 Å². The second kappa shape index (κ2) is 6.03. The lowest BCUT2D eigenvalue weighted by molar-refractivity contribution is 0.441. The Labute approximate surface area is 128 Å². The van der Waals surface area contributed by atoms with Crippen LogP contribution in [0.3, 0.4) is 0 Å². The van der Waals surface area contributed by atoms with Crippen molar-refractivity contribution in [2.24, 2.45) is 5.73 Å². The molecule has 0 saturated heterocycles. The van der Waals surface area contributed by atoms with Crippen molar-refractivity contribution in [3.63, 3.8) is 0 Å². The first-order valence-electron chi connectivity index (χ1n) is 5.65. The topological polar surface area (TPSA) is 35.2 Å². The minimum absolute atomic E-state index is 0.0777. The van der Waals surface area contributed by atoms with Crippen LogP contribution in [0.5, 0.6) is 11.5 Å². The highest BCUT2D eigenvalue weighted by atomic mass is 79.9. The summed E-state index contributed by atoms with van der Waals surface area (Å²) in [6, 6.07) is 9.89. The van der Waals surface area contributed by atoms with E-state index < -0.39 is 5.82 Å². The van der Waals surface area contributed by atoms with Gasteiger partial charge in [-0.25, -0.2) is 4.39 Å².